The number of anilines is 1. The van der Waals surface area contributed by atoms with Crippen molar-refractivity contribution in [3.8, 4) is 29.0 Å². The first-order valence-corrected chi connectivity index (χ1v) is 9.18. The maximum Gasteiger partial charge on any atom is 0.219 e. The number of nitrogens with two attached hydrogens (primary N) is 1. The fourth-order valence-corrected chi connectivity index (χ4v) is 2.81. The maximum absolute atomic E-state index is 9.28. The zero-order chi connectivity index (χ0) is 20.1. The second kappa shape index (κ2) is 8.55. The van der Waals surface area contributed by atoms with E-state index in [4.69, 9.17) is 10.5 Å². The number of nitrogens with zero attached hydrogens (tertiary/aromatic N) is 4. The molecule has 0 saturated carbocycles. The van der Waals surface area contributed by atoms with Crippen LogP contribution in [-0.4, -0.2) is 27.4 Å². The van der Waals surface area contributed by atoms with E-state index in [1.165, 1.54) is 0 Å². The summed E-state index contributed by atoms with van der Waals surface area (Å²) in [5.74, 6) is 1.85. The highest BCUT2D eigenvalue weighted by Gasteiger charge is 2.14. The molecule has 0 aliphatic carbocycles. The average Bonchev–Trinajstić information content (AvgIpc) is 3.01. The van der Waals surface area contributed by atoms with Crippen molar-refractivity contribution in [2.75, 3.05) is 11.9 Å². The zero-order valence-electron chi connectivity index (χ0n) is 16.3. The Balaban J connectivity index is 1.96. The van der Waals surface area contributed by atoms with Gasteiger partial charge in [0, 0.05) is 30.9 Å². The molecule has 2 aromatic heterocycles. The number of nitrogens with one attached hydrogen (secondary N) is 1. The van der Waals surface area contributed by atoms with Crippen LogP contribution < -0.4 is 15.8 Å². The minimum Gasteiger partial charge on any atom is -0.438 e. The van der Waals surface area contributed by atoms with E-state index < -0.39 is 0 Å². The van der Waals surface area contributed by atoms with E-state index in [9.17, 15) is 5.26 Å². The summed E-state index contributed by atoms with van der Waals surface area (Å²) in [4.78, 5) is 4.54. The Morgan fingerprint density at radius 2 is 2.07 bits per heavy atom. The molecule has 144 valence electrons. The maximum atomic E-state index is 9.28. The van der Waals surface area contributed by atoms with Gasteiger partial charge in [-0.05, 0) is 56.6 Å². The highest BCUT2D eigenvalue weighted by Crippen LogP contribution is 2.34. The first-order valence-electron chi connectivity index (χ1n) is 9.18. The molecule has 0 unspecified atom stereocenters. The molecule has 0 radical (unpaired) electrons. The summed E-state index contributed by atoms with van der Waals surface area (Å²) < 4.78 is 7.78. The van der Waals surface area contributed by atoms with E-state index in [0.717, 1.165) is 29.1 Å². The van der Waals surface area contributed by atoms with Crippen molar-refractivity contribution in [3.63, 3.8) is 0 Å². The number of aromatic nitrogens is 3. The van der Waals surface area contributed by atoms with Crippen LogP contribution >= 0.6 is 0 Å². The number of hydrogen-bond acceptors (Lipinski definition) is 6. The van der Waals surface area contributed by atoms with Crippen LogP contribution in [0.15, 0.2) is 42.6 Å². The number of rotatable bonds is 7. The summed E-state index contributed by atoms with van der Waals surface area (Å²) in [6.07, 6.45) is 2.60. The highest BCUT2D eigenvalue weighted by atomic mass is 16.5. The van der Waals surface area contributed by atoms with E-state index in [1.807, 2.05) is 51.4 Å². The monoisotopic (exact) mass is 376 g/mol. The van der Waals surface area contributed by atoms with Crippen LogP contribution in [0.2, 0.25) is 0 Å². The van der Waals surface area contributed by atoms with Crippen LogP contribution in [0.25, 0.3) is 11.3 Å². The lowest BCUT2D eigenvalue weighted by Gasteiger charge is -2.11. The summed E-state index contributed by atoms with van der Waals surface area (Å²) in [5.41, 5.74) is 8.77. The van der Waals surface area contributed by atoms with Gasteiger partial charge in [0.05, 0.1) is 17.3 Å². The molecule has 7 nitrogen and oxygen atoms in total. The molecule has 7 heteroatoms. The summed E-state index contributed by atoms with van der Waals surface area (Å²) >= 11 is 0. The van der Waals surface area contributed by atoms with Crippen LogP contribution in [0.3, 0.4) is 0 Å². The first kappa shape index (κ1) is 19.4. The Morgan fingerprint density at radius 3 is 2.71 bits per heavy atom. The molecule has 3 aromatic rings. The SMILES string of the molecule is CC(C)Nc1cc(Oc2cc(C#N)ccc2-c2ccc(CCN)cn2)n(C)n1. The van der Waals surface area contributed by atoms with Crippen LogP contribution in [0.5, 0.6) is 11.6 Å². The van der Waals surface area contributed by atoms with Gasteiger partial charge in [-0.3, -0.25) is 4.98 Å². The average molecular weight is 376 g/mol. The fourth-order valence-electron chi connectivity index (χ4n) is 2.81. The zero-order valence-corrected chi connectivity index (χ0v) is 16.3. The van der Waals surface area contributed by atoms with E-state index in [1.54, 1.807) is 16.8 Å². The molecule has 1 aromatic carbocycles. The van der Waals surface area contributed by atoms with Crippen LogP contribution in [-0.2, 0) is 13.5 Å². The van der Waals surface area contributed by atoms with Crippen LogP contribution in [0.1, 0.15) is 25.0 Å². The van der Waals surface area contributed by atoms with Crippen molar-refractivity contribution in [3.05, 3.63) is 53.7 Å². The summed E-state index contributed by atoms with van der Waals surface area (Å²) in [5, 5.41) is 16.9. The Morgan fingerprint density at radius 1 is 1.25 bits per heavy atom. The molecule has 3 N–H and O–H groups in total. The smallest absolute Gasteiger partial charge is 0.219 e. The number of pyridine rings is 1. The molecule has 0 atom stereocenters. The number of aryl methyl sites for hydroxylation is 1. The molecule has 0 amide bonds. The molecule has 0 aliphatic rings. The van der Waals surface area contributed by atoms with Gasteiger partial charge in [-0.2, -0.15) is 10.4 Å². The second-order valence-corrected chi connectivity index (χ2v) is 6.81. The van der Waals surface area contributed by atoms with Crippen LogP contribution in [0, 0.1) is 11.3 Å². The van der Waals surface area contributed by atoms with Gasteiger partial charge in [-0.25, -0.2) is 4.68 Å². The normalized spacial score (nSPS) is 10.7. The predicted molar refractivity (Wildman–Crippen MR) is 109 cm³/mol. The molecule has 0 bridgehead atoms. The molecule has 2 heterocycles. The third-order valence-electron chi connectivity index (χ3n) is 4.13. The Labute approximate surface area is 164 Å². The Bertz CT molecular complexity index is 985. The molecular formula is C21H24N6O. The Kier molecular flexibility index (Phi) is 5.92. The molecule has 0 aliphatic heterocycles. The third kappa shape index (κ3) is 4.48. The lowest BCUT2D eigenvalue weighted by atomic mass is 10.1. The first-order chi connectivity index (χ1) is 13.5. The van der Waals surface area contributed by atoms with E-state index in [2.05, 4.69) is 21.5 Å². The summed E-state index contributed by atoms with van der Waals surface area (Å²) in [6, 6.07) is 13.5. The van der Waals surface area contributed by atoms with Crippen molar-refractivity contribution in [1.82, 2.24) is 14.8 Å². The largest absolute Gasteiger partial charge is 0.438 e. The standard InChI is InChI=1S/C21H24N6O/c1-14(2)25-20-11-21(27(3)26-20)28-19-10-16(12-23)4-6-17(19)18-7-5-15(8-9-22)13-24-18/h4-7,10-11,13-14H,8-9,22H2,1-3H3,(H,25,26). The van der Waals surface area contributed by atoms with Gasteiger partial charge in [0.2, 0.25) is 5.88 Å². The topological polar surface area (TPSA) is 102 Å². The van der Waals surface area contributed by atoms with Gasteiger partial charge in [0.15, 0.2) is 5.82 Å². The minimum atomic E-state index is 0.261. The fraction of sp³-hybridized carbons (Fsp3) is 0.286. The molecule has 28 heavy (non-hydrogen) atoms. The number of benzene rings is 1. The summed E-state index contributed by atoms with van der Waals surface area (Å²) in [6.45, 7) is 4.67. The van der Waals surface area contributed by atoms with Gasteiger partial charge >= 0.3 is 0 Å². The molecular weight excluding hydrogens is 352 g/mol. The Hall–Kier alpha value is -3.37. The number of hydrogen-bond donors (Lipinski definition) is 2. The van der Waals surface area contributed by atoms with E-state index >= 15 is 0 Å². The van der Waals surface area contributed by atoms with Crippen molar-refractivity contribution in [1.29, 1.82) is 5.26 Å². The minimum absolute atomic E-state index is 0.261. The van der Waals surface area contributed by atoms with Crippen molar-refractivity contribution >= 4 is 5.82 Å². The van der Waals surface area contributed by atoms with Gasteiger partial charge in [-0.1, -0.05) is 6.07 Å². The van der Waals surface area contributed by atoms with E-state index in [0.29, 0.717) is 23.7 Å². The molecule has 0 fully saturated rings. The van der Waals surface area contributed by atoms with Crippen molar-refractivity contribution < 1.29 is 4.74 Å². The van der Waals surface area contributed by atoms with Gasteiger partial charge in [0.25, 0.3) is 0 Å². The van der Waals surface area contributed by atoms with Crippen LogP contribution in [0.4, 0.5) is 5.82 Å². The van der Waals surface area contributed by atoms with Gasteiger partial charge in [0.1, 0.15) is 5.75 Å². The number of ether oxygens (including phenoxy) is 1. The van der Waals surface area contributed by atoms with Gasteiger partial charge in [-0.15, -0.1) is 0 Å². The second-order valence-electron chi connectivity index (χ2n) is 6.81. The lowest BCUT2D eigenvalue weighted by molar-refractivity contribution is 0.432. The molecule has 0 saturated heterocycles. The molecule has 0 spiro atoms. The lowest BCUT2D eigenvalue weighted by Crippen LogP contribution is -2.10. The number of nitriles is 1. The predicted octanol–water partition coefficient (Wildman–Crippen LogP) is 3.47. The van der Waals surface area contributed by atoms with Crippen molar-refractivity contribution in [2.24, 2.45) is 12.8 Å². The summed E-state index contributed by atoms with van der Waals surface area (Å²) in [7, 11) is 1.81. The quantitative estimate of drug-likeness (QED) is 0.655. The van der Waals surface area contributed by atoms with Gasteiger partial charge < -0.3 is 15.8 Å². The molecule has 3 rings (SSSR count). The van der Waals surface area contributed by atoms with E-state index in [-0.39, 0.29) is 6.04 Å². The highest BCUT2D eigenvalue weighted by molar-refractivity contribution is 5.69. The third-order valence-corrected chi connectivity index (χ3v) is 4.13. The van der Waals surface area contributed by atoms with Crippen molar-refractivity contribution in [2.45, 2.75) is 26.3 Å².